The normalized spacial score (nSPS) is 23.1. The summed E-state index contributed by atoms with van der Waals surface area (Å²) >= 11 is 0. The monoisotopic (exact) mass is 216 g/mol. The van der Waals surface area contributed by atoms with E-state index >= 15 is 0 Å². The van der Waals surface area contributed by atoms with Gasteiger partial charge in [0.25, 0.3) is 0 Å². The first-order valence-corrected chi connectivity index (χ1v) is 5.14. The summed E-state index contributed by atoms with van der Waals surface area (Å²) in [6.07, 6.45) is 1.50. The Bertz CT molecular complexity index is 232. The van der Waals surface area contributed by atoms with Crippen LogP contribution in [0.25, 0.3) is 0 Å². The van der Waals surface area contributed by atoms with Gasteiger partial charge in [-0.05, 0) is 19.8 Å². The molecule has 1 aliphatic heterocycles. The van der Waals surface area contributed by atoms with Gasteiger partial charge in [-0.25, -0.2) is 0 Å². The van der Waals surface area contributed by atoms with Crippen LogP contribution in [0.1, 0.15) is 19.8 Å². The van der Waals surface area contributed by atoms with Crippen molar-refractivity contribution in [2.24, 2.45) is 11.8 Å². The van der Waals surface area contributed by atoms with E-state index in [1.807, 2.05) is 0 Å². The maximum atomic E-state index is 11.4. The van der Waals surface area contributed by atoms with Gasteiger partial charge in [-0.3, -0.25) is 9.59 Å². The van der Waals surface area contributed by atoms with E-state index in [1.165, 1.54) is 0 Å². The van der Waals surface area contributed by atoms with Crippen LogP contribution in [-0.4, -0.2) is 36.9 Å². The Balaban J connectivity index is 2.63. The fourth-order valence-corrected chi connectivity index (χ4v) is 1.76. The molecular formula is C10H16O5. The van der Waals surface area contributed by atoms with Crippen molar-refractivity contribution in [1.29, 1.82) is 0 Å². The molecule has 0 saturated carbocycles. The molecule has 1 N–H and O–H groups in total. The second-order valence-electron chi connectivity index (χ2n) is 3.55. The molecule has 5 heteroatoms. The molecular weight excluding hydrogens is 200 g/mol. The molecule has 1 saturated heterocycles. The van der Waals surface area contributed by atoms with Crippen LogP contribution in [0, 0.1) is 11.8 Å². The van der Waals surface area contributed by atoms with Crippen LogP contribution in [0.5, 0.6) is 0 Å². The summed E-state index contributed by atoms with van der Waals surface area (Å²) in [6, 6.07) is 0. The third-order valence-electron chi connectivity index (χ3n) is 2.47. The molecule has 2 unspecified atom stereocenters. The highest BCUT2D eigenvalue weighted by molar-refractivity contribution is 5.94. The maximum absolute atomic E-state index is 11.4. The Morgan fingerprint density at radius 1 is 1.60 bits per heavy atom. The number of hydrogen-bond acceptors (Lipinski definition) is 4. The van der Waals surface area contributed by atoms with Crippen molar-refractivity contribution < 1.29 is 24.2 Å². The average molecular weight is 216 g/mol. The topological polar surface area (TPSA) is 72.8 Å². The minimum atomic E-state index is -1.12. The molecule has 0 aliphatic carbocycles. The number of aliphatic carboxylic acids is 1. The third-order valence-corrected chi connectivity index (χ3v) is 2.47. The number of ether oxygens (including phenoxy) is 2. The smallest absolute Gasteiger partial charge is 0.320 e. The van der Waals surface area contributed by atoms with E-state index < -0.39 is 17.9 Å². The van der Waals surface area contributed by atoms with Crippen molar-refractivity contribution in [2.45, 2.75) is 19.8 Å². The highest BCUT2D eigenvalue weighted by Gasteiger charge is 2.37. The van der Waals surface area contributed by atoms with Crippen molar-refractivity contribution in [2.75, 3.05) is 19.8 Å². The van der Waals surface area contributed by atoms with Crippen LogP contribution in [0.4, 0.5) is 0 Å². The second kappa shape index (κ2) is 5.70. The number of carbonyl (C=O) groups excluding carboxylic acids is 1. The zero-order valence-electron chi connectivity index (χ0n) is 8.77. The van der Waals surface area contributed by atoms with Gasteiger partial charge in [0.1, 0.15) is 0 Å². The van der Waals surface area contributed by atoms with Gasteiger partial charge in [-0.2, -0.15) is 0 Å². The summed E-state index contributed by atoms with van der Waals surface area (Å²) < 4.78 is 9.91. The standard InChI is InChI=1S/C10H16O5/c1-2-15-10(13)8(9(11)12)7-4-3-5-14-6-7/h7-8H,2-6H2,1H3,(H,11,12). The number of carbonyl (C=O) groups is 2. The molecule has 1 fully saturated rings. The fourth-order valence-electron chi connectivity index (χ4n) is 1.76. The Labute approximate surface area is 88.4 Å². The van der Waals surface area contributed by atoms with E-state index in [1.54, 1.807) is 6.92 Å². The molecule has 0 radical (unpaired) electrons. The second-order valence-corrected chi connectivity index (χ2v) is 3.55. The van der Waals surface area contributed by atoms with E-state index in [0.29, 0.717) is 19.6 Å². The fraction of sp³-hybridized carbons (Fsp3) is 0.800. The molecule has 0 bridgehead atoms. The number of esters is 1. The predicted octanol–water partition coefficient (Wildman–Crippen LogP) is 0.677. The van der Waals surface area contributed by atoms with Gasteiger partial charge in [0.2, 0.25) is 0 Å². The van der Waals surface area contributed by atoms with E-state index in [-0.39, 0.29) is 12.5 Å². The molecule has 2 atom stereocenters. The summed E-state index contributed by atoms with van der Waals surface area (Å²) in [4.78, 5) is 22.4. The summed E-state index contributed by atoms with van der Waals surface area (Å²) in [5, 5.41) is 8.97. The summed E-state index contributed by atoms with van der Waals surface area (Å²) in [5.41, 5.74) is 0. The third kappa shape index (κ3) is 3.20. The zero-order valence-corrected chi connectivity index (χ0v) is 8.77. The summed E-state index contributed by atoms with van der Waals surface area (Å²) in [7, 11) is 0. The van der Waals surface area contributed by atoms with Crippen LogP contribution in [0.2, 0.25) is 0 Å². The highest BCUT2D eigenvalue weighted by Crippen LogP contribution is 2.23. The highest BCUT2D eigenvalue weighted by atomic mass is 16.5. The first-order chi connectivity index (χ1) is 7.16. The van der Waals surface area contributed by atoms with Gasteiger partial charge < -0.3 is 14.6 Å². The van der Waals surface area contributed by atoms with Crippen LogP contribution in [0.3, 0.4) is 0 Å². The zero-order chi connectivity index (χ0) is 11.3. The van der Waals surface area contributed by atoms with Crippen molar-refractivity contribution in [3.63, 3.8) is 0 Å². The number of hydrogen-bond donors (Lipinski definition) is 1. The van der Waals surface area contributed by atoms with Crippen LogP contribution in [-0.2, 0) is 19.1 Å². The number of carboxylic acids is 1. The molecule has 0 aromatic rings. The van der Waals surface area contributed by atoms with Gasteiger partial charge in [0, 0.05) is 12.5 Å². The maximum Gasteiger partial charge on any atom is 0.320 e. The molecule has 5 nitrogen and oxygen atoms in total. The molecule has 0 aromatic heterocycles. The Morgan fingerprint density at radius 2 is 2.33 bits per heavy atom. The lowest BCUT2D eigenvalue weighted by Crippen LogP contribution is -2.37. The predicted molar refractivity (Wildman–Crippen MR) is 51.3 cm³/mol. The molecule has 1 heterocycles. The van der Waals surface area contributed by atoms with Gasteiger partial charge in [-0.1, -0.05) is 0 Å². The Morgan fingerprint density at radius 3 is 2.80 bits per heavy atom. The first kappa shape index (κ1) is 12.0. The molecule has 1 rings (SSSR count). The minimum Gasteiger partial charge on any atom is -0.481 e. The van der Waals surface area contributed by atoms with Crippen LogP contribution < -0.4 is 0 Å². The average Bonchev–Trinajstić information content (AvgIpc) is 2.19. The minimum absolute atomic E-state index is 0.205. The number of rotatable bonds is 4. The number of carboxylic acid groups (broad SMARTS) is 1. The van der Waals surface area contributed by atoms with Gasteiger partial charge >= 0.3 is 11.9 Å². The summed E-state index contributed by atoms with van der Waals surface area (Å²) in [6.45, 7) is 2.84. The van der Waals surface area contributed by atoms with Crippen molar-refractivity contribution in [1.82, 2.24) is 0 Å². The van der Waals surface area contributed by atoms with E-state index in [0.717, 1.165) is 6.42 Å². The van der Waals surface area contributed by atoms with Crippen LogP contribution in [0.15, 0.2) is 0 Å². The molecule has 0 amide bonds. The lowest BCUT2D eigenvalue weighted by Gasteiger charge is -2.25. The Kier molecular flexibility index (Phi) is 4.55. The molecule has 0 spiro atoms. The summed E-state index contributed by atoms with van der Waals surface area (Å²) in [5.74, 6) is -3.11. The van der Waals surface area contributed by atoms with Crippen molar-refractivity contribution in [3.05, 3.63) is 0 Å². The quantitative estimate of drug-likeness (QED) is 0.552. The lowest BCUT2D eigenvalue weighted by molar-refractivity contribution is -0.163. The largest absolute Gasteiger partial charge is 0.481 e. The Hall–Kier alpha value is -1.10. The van der Waals surface area contributed by atoms with Gasteiger partial charge in [0.05, 0.1) is 13.2 Å². The SMILES string of the molecule is CCOC(=O)C(C(=O)O)C1CCCOC1. The van der Waals surface area contributed by atoms with Crippen molar-refractivity contribution in [3.8, 4) is 0 Å². The van der Waals surface area contributed by atoms with Crippen molar-refractivity contribution >= 4 is 11.9 Å². The van der Waals surface area contributed by atoms with E-state index in [9.17, 15) is 9.59 Å². The first-order valence-electron chi connectivity index (χ1n) is 5.14. The molecule has 86 valence electrons. The molecule has 15 heavy (non-hydrogen) atoms. The van der Waals surface area contributed by atoms with E-state index in [4.69, 9.17) is 14.6 Å². The van der Waals surface area contributed by atoms with Crippen LogP contribution >= 0.6 is 0 Å². The molecule has 0 aromatic carbocycles. The van der Waals surface area contributed by atoms with E-state index in [2.05, 4.69) is 0 Å². The van der Waals surface area contributed by atoms with Gasteiger partial charge in [-0.15, -0.1) is 0 Å². The molecule has 1 aliphatic rings. The van der Waals surface area contributed by atoms with Gasteiger partial charge in [0.15, 0.2) is 5.92 Å². The lowest BCUT2D eigenvalue weighted by atomic mass is 9.88.